The fourth-order valence-corrected chi connectivity index (χ4v) is 3.64. The van der Waals surface area contributed by atoms with Crippen LogP contribution in [0.25, 0.3) is 10.2 Å². The van der Waals surface area contributed by atoms with E-state index < -0.39 is 5.97 Å². The summed E-state index contributed by atoms with van der Waals surface area (Å²) in [5.74, 6) is -0.197. The number of aromatic carboxylic acids is 1. The van der Waals surface area contributed by atoms with E-state index in [2.05, 4.69) is 11.9 Å². The third-order valence-electron chi connectivity index (χ3n) is 3.96. The molecule has 2 aromatic rings. The summed E-state index contributed by atoms with van der Waals surface area (Å²) in [5, 5.41) is 11.0. The van der Waals surface area contributed by atoms with E-state index in [9.17, 15) is 14.7 Å². The van der Waals surface area contributed by atoms with Crippen molar-refractivity contribution in [2.75, 3.05) is 0 Å². The van der Waals surface area contributed by atoms with Gasteiger partial charge < -0.3 is 5.11 Å². The van der Waals surface area contributed by atoms with E-state index >= 15 is 0 Å². The Kier molecular flexibility index (Phi) is 5.93. The van der Waals surface area contributed by atoms with Crippen LogP contribution in [0.3, 0.4) is 0 Å². The minimum absolute atomic E-state index is 0.0672. The molecule has 0 radical (unpaired) electrons. The summed E-state index contributed by atoms with van der Waals surface area (Å²) in [4.78, 5) is 29.2. The Morgan fingerprint density at radius 2 is 2.00 bits per heavy atom. The number of hydrogen-bond donors (Lipinski definition) is 1. The minimum atomic E-state index is -1.07. The highest BCUT2D eigenvalue weighted by molar-refractivity contribution is 7.17. The molecular weight excluding hydrogens is 312 g/mol. The van der Waals surface area contributed by atoms with Crippen LogP contribution in [-0.2, 0) is 6.54 Å². The Hall–Kier alpha value is -1.69. The zero-order chi connectivity index (χ0) is 17.0. The summed E-state index contributed by atoms with van der Waals surface area (Å²) in [6.45, 7) is 6.79. The maximum atomic E-state index is 12.8. The predicted molar refractivity (Wildman–Crippen MR) is 93.7 cm³/mol. The third kappa shape index (κ3) is 3.80. The number of carboxylic acid groups (broad SMARTS) is 1. The summed E-state index contributed by atoms with van der Waals surface area (Å²) in [7, 11) is 0. The monoisotopic (exact) mass is 336 g/mol. The molecule has 23 heavy (non-hydrogen) atoms. The third-order valence-corrected chi connectivity index (χ3v) is 4.83. The van der Waals surface area contributed by atoms with Gasteiger partial charge in [-0.15, -0.1) is 11.3 Å². The number of aromatic nitrogens is 2. The molecule has 5 nitrogen and oxygen atoms in total. The SMILES string of the molecule is CCCCCCCn1c(C(C)C)nc2scc(C(=O)O)c2c1=O. The van der Waals surface area contributed by atoms with Gasteiger partial charge in [0.05, 0.1) is 10.9 Å². The van der Waals surface area contributed by atoms with Crippen molar-refractivity contribution in [3.05, 3.63) is 27.1 Å². The molecule has 0 saturated carbocycles. The van der Waals surface area contributed by atoms with Crippen molar-refractivity contribution in [1.82, 2.24) is 9.55 Å². The second kappa shape index (κ2) is 7.73. The Labute approximate surface area is 140 Å². The number of thiophene rings is 1. The number of hydrogen-bond acceptors (Lipinski definition) is 4. The first-order chi connectivity index (χ1) is 11.0. The molecule has 0 aliphatic rings. The van der Waals surface area contributed by atoms with E-state index in [1.165, 1.54) is 29.6 Å². The fraction of sp³-hybridized carbons (Fsp3) is 0.588. The number of carbonyl (C=O) groups is 1. The molecule has 2 rings (SSSR count). The quantitative estimate of drug-likeness (QED) is 0.731. The minimum Gasteiger partial charge on any atom is -0.478 e. The number of carboxylic acids is 1. The van der Waals surface area contributed by atoms with Gasteiger partial charge in [-0.3, -0.25) is 9.36 Å². The molecule has 0 amide bonds. The Morgan fingerprint density at radius 1 is 1.30 bits per heavy atom. The van der Waals surface area contributed by atoms with E-state index in [1.807, 2.05) is 13.8 Å². The molecule has 0 bridgehead atoms. The molecule has 1 N–H and O–H groups in total. The normalized spacial score (nSPS) is 11.5. The van der Waals surface area contributed by atoms with Gasteiger partial charge in [0.15, 0.2) is 0 Å². The van der Waals surface area contributed by atoms with E-state index in [0.29, 0.717) is 11.4 Å². The summed E-state index contributed by atoms with van der Waals surface area (Å²) < 4.78 is 1.68. The molecule has 0 aromatic carbocycles. The molecule has 0 atom stereocenters. The fourth-order valence-electron chi connectivity index (χ4n) is 2.73. The van der Waals surface area contributed by atoms with Gasteiger partial charge in [0.2, 0.25) is 0 Å². The van der Waals surface area contributed by atoms with Crippen LogP contribution in [0.1, 0.15) is 75.0 Å². The van der Waals surface area contributed by atoms with Crippen LogP contribution in [0.4, 0.5) is 0 Å². The molecule has 6 heteroatoms. The highest BCUT2D eigenvalue weighted by atomic mass is 32.1. The zero-order valence-corrected chi connectivity index (χ0v) is 14.8. The van der Waals surface area contributed by atoms with Crippen molar-refractivity contribution < 1.29 is 9.90 Å². The second-order valence-corrected chi connectivity index (χ2v) is 6.99. The Bertz CT molecular complexity index is 746. The summed E-state index contributed by atoms with van der Waals surface area (Å²) in [5.41, 5.74) is -0.148. The summed E-state index contributed by atoms with van der Waals surface area (Å²) >= 11 is 1.23. The van der Waals surface area contributed by atoms with Crippen molar-refractivity contribution >= 4 is 27.5 Å². The van der Waals surface area contributed by atoms with Crippen LogP contribution >= 0.6 is 11.3 Å². The largest absolute Gasteiger partial charge is 0.478 e. The number of fused-ring (bicyclic) bond motifs is 1. The molecule has 0 aliphatic heterocycles. The summed E-state index contributed by atoms with van der Waals surface area (Å²) in [6, 6.07) is 0. The van der Waals surface area contributed by atoms with Crippen LogP contribution in [0.15, 0.2) is 10.2 Å². The van der Waals surface area contributed by atoms with E-state index in [1.54, 1.807) is 4.57 Å². The van der Waals surface area contributed by atoms with Crippen molar-refractivity contribution in [1.29, 1.82) is 0 Å². The first kappa shape index (κ1) is 17.7. The van der Waals surface area contributed by atoms with Crippen LogP contribution in [0, 0.1) is 0 Å². The van der Waals surface area contributed by atoms with Crippen molar-refractivity contribution in [3.8, 4) is 0 Å². The standard InChI is InChI=1S/C17H24N2O3S/c1-4-5-6-7-8-9-19-14(11(2)3)18-15-13(16(19)20)12(10-23-15)17(21)22/h10-11H,4-9H2,1-3H3,(H,21,22). The van der Waals surface area contributed by atoms with Gasteiger partial charge in [0, 0.05) is 17.8 Å². The predicted octanol–water partition coefficient (Wildman–Crippen LogP) is 4.25. The van der Waals surface area contributed by atoms with Gasteiger partial charge in [0.1, 0.15) is 10.7 Å². The van der Waals surface area contributed by atoms with Crippen LogP contribution in [0.5, 0.6) is 0 Å². The van der Waals surface area contributed by atoms with Crippen molar-refractivity contribution in [3.63, 3.8) is 0 Å². The van der Waals surface area contributed by atoms with Gasteiger partial charge in [-0.05, 0) is 6.42 Å². The lowest BCUT2D eigenvalue weighted by atomic mass is 10.1. The lowest BCUT2D eigenvalue weighted by molar-refractivity contribution is 0.0699. The smallest absolute Gasteiger partial charge is 0.337 e. The molecule has 0 unspecified atom stereocenters. The topological polar surface area (TPSA) is 72.2 Å². The maximum absolute atomic E-state index is 12.8. The van der Waals surface area contributed by atoms with E-state index in [4.69, 9.17) is 0 Å². The Balaban J connectivity index is 2.41. The molecule has 0 fully saturated rings. The maximum Gasteiger partial charge on any atom is 0.337 e. The van der Waals surface area contributed by atoms with E-state index in [-0.39, 0.29) is 22.4 Å². The van der Waals surface area contributed by atoms with Gasteiger partial charge >= 0.3 is 5.97 Å². The van der Waals surface area contributed by atoms with Crippen LogP contribution in [0.2, 0.25) is 0 Å². The van der Waals surface area contributed by atoms with Crippen molar-refractivity contribution in [2.45, 2.75) is 65.3 Å². The molecule has 126 valence electrons. The van der Waals surface area contributed by atoms with Crippen LogP contribution < -0.4 is 5.56 Å². The van der Waals surface area contributed by atoms with Crippen LogP contribution in [-0.4, -0.2) is 20.6 Å². The first-order valence-electron chi connectivity index (χ1n) is 8.22. The van der Waals surface area contributed by atoms with Gasteiger partial charge in [-0.1, -0.05) is 46.5 Å². The van der Waals surface area contributed by atoms with Crippen molar-refractivity contribution in [2.24, 2.45) is 0 Å². The highest BCUT2D eigenvalue weighted by Gasteiger charge is 2.20. The lowest BCUT2D eigenvalue weighted by Gasteiger charge is -2.15. The molecule has 0 aliphatic carbocycles. The lowest BCUT2D eigenvalue weighted by Crippen LogP contribution is -2.26. The Morgan fingerprint density at radius 3 is 2.61 bits per heavy atom. The summed E-state index contributed by atoms with van der Waals surface area (Å²) in [6.07, 6.45) is 5.54. The van der Waals surface area contributed by atoms with Gasteiger partial charge in [0.25, 0.3) is 5.56 Å². The van der Waals surface area contributed by atoms with Gasteiger partial charge in [-0.25, -0.2) is 9.78 Å². The van der Waals surface area contributed by atoms with E-state index in [0.717, 1.165) is 25.1 Å². The number of nitrogens with zero attached hydrogens (tertiary/aromatic N) is 2. The molecule has 2 aromatic heterocycles. The zero-order valence-electron chi connectivity index (χ0n) is 14.0. The molecular formula is C17H24N2O3S. The average Bonchev–Trinajstić information content (AvgIpc) is 2.93. The second-order valence-electron chi connectivity index (χ2n) is 6.13. The number of rotatable bonds is 8. The average molecular weight is 336 g/mol. The molecule has 2 heterocycles. The first-order valence-corrected chi connectivity index (χ1v) is 9.10. The molecule has 0 spiro atoms. The molecule has 0 saturated heterocycles. The van der Waals surface area contributed by atoms with Gasteiger partial charge in [-0.2, -0.15) is 0 Å². The highest BCUT2D eigenvalue weighted by Crippen LogP contribution is 2.24. The number of unbranched alkanes of at least 4 members (excludes halogenated alkanes) is 4.